The van der Waals surface area contributed by atoms with Crippen molar-refractivity contribution in [3.05, 3.63) is 27.9 Å². The van der Waals surface area contributed by atoms with Gasteiger partial charge in [-0.3, -0.25) is 4.79 Å². The lowest BCUT2D eigenvalue weighted by atomic mass is 10.3. The first-order valence-corrected chi connectivity index (χ1v) is 6.99. The van der Waals surface area contributed by atoms with Crippen molar-refractivity contribution < 1.29 is 9.53 Å². The monoisotopic (exact) mass is 268 g/mol. The Bertz CT molecular complexity index is 479. The lowest BCUT2D eigenvalue weighted by Crippen LogP contribution is -2.07. The van der Waals surface area contributed by atoms with Crippen LogP contribution in [0, 0.1) is 0 Å². The SMILES string of the molecule is CCOC(=O)Cc1csc(Nc2ccsc2)n1. The number of nitrogens with one attached hydrogen (secondary N) is 1. The maximum Gasteiger partial charge on any atom is 0.311 e. The molecule has 0 fully saturated rings. The molecule has 2 rings (SSSR count). The molecular formula is C11H12N2O2S2. The summed E-state index contributed by atoms with van der Waals surface area (Å²) in [6, 6.07) is 1.98. The number of thiophene rings is 1. The van der Waals surface area contributed by atoms with E-state index in [-0.39, 0.29) is 12.4 Å². The standard InChI is InChI=1S/C11H12N2O2S2/c1-2-15-10(14)5-9-7-17-11(13-9)12-8-3-4-16-6-8/h3-4,6-7H,2,5H2,1H3,(H,12,13). The number of hydrogen-bond donors (Lipinski definition) is 1. The second-order valence-electron chi connectivity index (χ2n) is 3.26. The van der Waals surface area contributed by atoms with E-state index in [2.05, 4.69) is 10.3 Å². The van der Waals surface area contributed by atoms with E-state index in [1.807, 2.05) is 22.2 Å². The van der Waals surface area contributed by atoms with Crippen LogP contribution >= 0.6 is 22.7 Å². The lowest BCUT2D eigenvalue weighted by Gasteiger charge is -1.99. The third-order valence-electron chi connectivity index (χ3n) is 1.95. The minimum absolute atomic E-state index is 0.232. The fraction of sp³-hybridized carbons (Fsp3) is 0.273. The van der Waals surface area contributed by atoms with Crippen molar-refractivity contribution >= 4 is 39.5 Å². The van der Waals surface area contributed by atoms with Crippen LogP contribution in [0.15, 0.2) is 22.2 Å². The number of rotatable bonds is 5. The molecule has 0 amide bonds. The number of esters is 1. The van der Waals surface area contributed by atoms with Gasteiger partial charge in [0.1, 0.15) is 0 Å². The van der Waals surface area contributed by atoms with Gasteiger partial charge in [0.15, 0.2) is 5.13 Å². The number of anilines is 2. The Labute approximate surface area is 107 Å². The van der Waals surface area contributed by atoms with Crippen molar-refractivity contribution in [3.63, 3.8) is 0 Å². The highest BCUT2D eigenvalue weighted by molar-refractivity contribution is 7.13. The number of aromatic nitrogens is 1. The molecule has 0 aliphatic rings. The molecule has 4 nitrogen and oxygen atoms in total. The van der Waals surface area contributed by atoms with Crippen molar-refractivity contribution in [2.75, 3.05) is 11.9 Å². The minimum atomic E-state index is -0.236. The quantitative estimate of drug-likeness (QED) is 0.847. The summed E-state index contributed by atoms with van der Waals surface area (Å²) in [5, 5.41) is 9.84. The zero-order valence-corrected chi connectivity index (χ0v) is 10.9. The van der Waals surface area contributed by atoms with Gasteiger partial charge in [-0.25, -0.2) is 4.98 Å². The highest BCUT2D eigenvalue weighted by atomic mass is 32.1. The van der Waals surface area contributed by atoms with Gasteiger partial charge >= 0.3 is 5.97 Å². The van der Waals surface area contributed by atoms with Crippen LogP contribution < -0.4 is 5.32 Å². The molecule has 0 spiro atoms. The fourth-order valence-corrected chi connectivity index (χ4v) is 2.58. The van der Waals surface area contributed by atoms with Crippen LogP contribution in [0.2, 0.25) is 0 Å². The van der Waals surface area contributed by atoms with Gasteiger partial charge in [0.05, 0.1) is 24.4 Å². The van der Waals surface area contributed by atoms with Crippen LogP contribution in [0.25, 0.3) is 0 Å². The third kappa shape index (κ3) is 3.54. The average Bonchev–Trinajstić information content (AvgIpc) is 2.91. The smallest absolute Gasteiger partial charge is 0.311 e. The lowest BCUT2D eigenvalue weighted by molar-refractivity contribution is -0.142. The summed E-state index contributed by atoms with van der Waals surface area (Å²) in [4.78, 5) is 15.6. The van der Waals surface area contributed by atoms with Gasteiger partial charge in [0.25, 0.3) is 0 Å². The van der Waals surface area contributed by atoms with Crippen molar-refractivity contribution in [1.29, 1.82) is 0 Å². The third-order valence-corrected chi connectivity index (χ3v) is 3.44. The molecule has 1 N–H and O–H groups in total. The maximum absolute atomic E-state index is 11.3. The molecule has 2 heterocycles. The Morgan fingerprint density at radius 2 is 2.41 bits per heavy atom. The largest absolute Gasteiger partial charge is 0.466 e. The molecule has 0 saturated heterocycles. The van der Waals surface area contributed by atoms with Crippen LogP contribution in [0.1, 0.15) is 12.6 Å². The van der Waals surface area contributed by atoms with E-state index in [0.717, 1.165) is 16.5 Å². The minimum Gasteiger partial charge on any atom is -0.466 e. The van der Waals surface area contributed by atoms with Gasteiger partial charge in [-0.05, 0) is 18.4 Å². The predicted octanol–water partition coefficient (Wildman–Crippen LogP) is 3.05. The van der Waals surface area contributed by atoms with Gasteiger partial charge in [-0.15, -0.1) is 11.3 Å². The molecule has 0 aliphatic heterocycles. The Balaban J connectivity index is 1.94. The molecular weight excluding hydrogens is 256 g/mol. The molecule has 2 aromatic heterocycles. The Hall–Kier alpha value is -1.40. The average molecular weight is 268 g/mol. The van der Waals surface area contributed by atoms with Crippen molar-refractivity contribution in [1.82, 2.24) is 4.98 Å². The molecule has 0 atom stereocenters. The van der Waals surface area contributed by atoms with Gasteiger partial charge in [-0.1, -0.05) is 0 Å². The molecule has 90 valence electrons. The molecule has 0 radical (unpaired) electrons. The van der Waals surface area contributed by atoms with Gasteiger partial charge < -0.3 is 10.1 Å². The van der Waals surface area contributed by atoms with Crippen LogP contribution in [0.4, 0.5) is 10.8 Å². The van der Waals surface area contributed by atoms with E-state index in [1.165, 1.54) is 11.3 Å². The molecule has 0 aliphatic carbocycles. The molecule has 2 aromatic rings. The summed E-state index contributed by atoms with van der Waals surface area (Å²) < 4.78 is 4.87. The van der Waals surface area contributed by atoms with E-state index in [0.29, 0.717) is 6.61 Å². The zero-order chi connectivity index (χ0) is 12.1. The molecule has 0 bridgehead atoms. The highest BCUT2D eigenvalue weighted by Gasteiger charge is 2.08. The van der Waals surface area contributed by atoms with Gasteiger partial charge in [-0.2, -0.15) is 11.3 Å². The first-order chi connectivity index (χ1) is 8.28. The summed E-state index contributed by atoms with van der Waals surface area (Å²) in [6.07, 6.45) is 0.232. The second kappa shape index (κ2) is 5.79. The fourth-order valence-electron chi connectivity index (χ4n) is 1.26. The molecule has 0 unspecified atom stereocenters. The number of nitrogens with zero attached hydrogens (tertiary/aromatic N) is 1. The number of hydrogen-bond acceptors (Lipinski definition) is 6. The van der Waals surface area contributed by atoms with Crippen molar-refractivity contribution in [2.24, 2.45) is 0 Å². The number of carbonyl (C=O) groups excluding carboxylic acids is 1. The summed E-state index contributed by atoms with van der Waals surface area (Å²) in [6.45, 7) is 2.20. The topological polar surface area (TPSA) is 51.2 Å². The summed E-state index contributed by atoms with van der Waals surface area (Å²) in [5.41, 5.74) is 1.76. The van der Waals surface area contributed by atoms with Crippen LogP contribution in [-0.4, -0.2) is 17.6 Å². The number of ether oxygens (including phenoxy) is 1. The zero-order valence-electron chi connectivity index (χ0n) is 9.30. The maximum atomic E-state index is 11.3. The molecule has 0 saturated carbocycles. The normalized spacial score (nSPS) is 10.2. The Kier molecular flexibility index (Phi) is 4.11. The van der Waals surface area contributed by atoms with Crippen LogP contribution in [0.3, 0.4) is 0 Å². The Morgan fingerprint density at radius 1 is 1.53 bits per heavy atom. The molecule has 6 heteroatoms. The summed E-state index contributed by atoms with van der Waals surface area (Å²) in [5.74, 6) is -0.236. The Morgan fingerprint density at radius 3 is 3.12 bits per heavy atom. The van der Waals surface area contributed by atoms with Gasteiger partial charge in [0.2, 0.25) is 0 Å². The predicted molar refractivity (Wildman–Crippen MR) is 70.1 cm³/mol. The molecule has 17 heavy (non-hydrogen) atoms. The van der Waals surface area contributed by atoms with Crippen molar-refractivity contribution in [2.45, 2.75) is 13.3 Å². The van der Waals surface area contributed by atoms with E-state index >= 15 is 0 Å². The van der Waals surface area contributed by atoms with E-state index in [9.17, 15) is 4.79 Å². The van der Waals surface area contributed by atoms with E-state index in [1.54, 1.807) is 18.3 Å². The van der Waals surface area contributed by atoms with E-state index in [4.69, 9.17) is 4.74 Å². The summed E-state index contributed by atoms with van der Waals surface area (Å²) in [7, 11) is 0. The number of carbonyl (C=O) groups is 1. The first kappa shape index (κ1) is 12.1. The first-order valence-electron chi connectivity index (χ1n) is 5.17. The summed E-state index contributed by atoms with van der Waals surface area (Å²) >= 11 is 3.11. The van der Waals surface area contributed by atoms with Gasteiger partial charge in [0, 0.05) is 10.8 Å². The van der Waals surface area contributed by atoms with Crippen molar-refractivity contribution in [3.8, 4) is 0 Å². The van der Waals surface area contributed by atoms with Crippen LogP contribution in [0.5, 0.6) is 0 Å². The van der Waals surface area contributed by atoms with Crippen LogP contribution in [-0.2, 0) is 16.0 Å². The second-order valence-corrected chi connectivity index (χ2v) is 4.90. The highest BCUT2D eigenvalue weighted by Crippen LogP contribution is 2.22. The van der Waals surface area contributed by atoms with E-state index < -0.39 is 0 Å². The molecule has 0 aromatic carbocycles. The number of thiazole rings is 1.